The SMILES string of the molecule is O=C(Nc1ccc(-c2ccc(C(=O)N[C@@H](Cc3c[nH]c4ccccc34)C(=O)O)nc2)cc1)Nc1cccc(Cl)c1Cl. The fraction of sp³-hybridized carbons (Fsp3) is 0.0667. The molecule has 0 saturated heterocycles. The van der Waals surface area contributed by atoms with Crippen molar-refractivity contribution in [2.24, 2.45) is 0 Å². The maximum atomic E-state index is 12.8. The second kappa shape index (κ2) is 12.1. The molecule has 41 heavy (non-hydrogen) atoms. The second-order valence-corrected chi connectivity index (χ2v) is 9.90. The maximum absolute atomic E-state index is 12.8. The van der Waals surface area contributed by atoms with Crippen molar-refractivity contribution >= 4 is 63.4 Å². The normalized spacial score (nSPS) is 11.6. The number of fused-ring (bicyclic) bond motifs is 1. The highest BCUT2D eigenvalue weighted by atomic mass is 35.5. The lowest BCUT2D eigenvalue weighted by molar-refractivity contribution is -0.139. The topological polar surface area (TPSA) is 136 Å². The molecule has 11 heteroatoms. The third-order valence-electron chi connectivity index (χ3n) is 6.37. The van der Waals surface area contributed by atoms with E-state index in [1.165, 1.54) is 12.3 Å². The summed E-state index contributed by atoms with van der Waals surface area (Å²) in [6.07, 6.45) is 3.40. The lowest BCUT2D eigenvalue weighted by Crippen LogP contribution is -2.42. The van der Waals surface area contributed by atoms with Gasteiger partial charge >= 0.3 is 12.0 Å². The number of carbonyl (C=O) groups excluding carboxylic acids is 2. The standard InChI is InChI=1S/C30H23Cl2N5O4/c31-22-5-3-7-24(27(22)32)37-30(41)35-20-11-8-17(9-12-20)18-10-13-25(34-15-18)28(38)36-26(29(39)40)14-19-16-33-23-6-2-1-4-21(19)23/h1-13,15-16,26,33H,14H2,(H,36,38)(H,39,40)(H2,35,37,41)/t26-/m0/s1. The second-order valence-electron chi connectivity index (χ2n) is 9.12. The van der Waals surface area contributed by atoms with Crippen molar-refractivity contribution in [1.82, 2.24) is 15.3 Å². The Bertz CT molecular complexity index is 1740. The summed E-state index contributed by atoms with van der Waals surface area (Å²) in [5.74, 6) is -1.73. The number of aromatic nitrogens is 2. The number of aromatic amines is 1. The van der Waals surface area contributed by atoms with E-state index >= 15 is 0 Å². The zero-order valence-corrected chi connectivity index (χ0v) is 22.8. The molecule has 0 aliphatic carbocycles. The van der Waals surface area contributed by atoms with Gasteiger partial charge in [-0.2, -0.15) is 0 Å². The minimum atomic E-state index is -1.14. The van der Waals surface area contributed by atoms with Gasteiger partial charge in [-0.1, -0.05) is 65.7 Å². The number of para-hydroxylation sites is 1. The van der Waals surface area contributed by atoms with Gasteiger partial charge in [0, 0.05) is 41.0 Å². The van der Waals surface area contributed by atoms with Gasteiger partial charge in [0.15, 0.2) is 0 Å². The van der Waals surface area contributed by atoms with Crippen LogP contribution in [0.2, 0.25) is 10.0 Å². The number of nitrogens with one attached hydrogen (secondary N) is 4. The van der Waals surface area contributed by atoms with Crippen LogP contribution < -0.4 is 16.0 Å². The Labute approximate surface area is 244 Å². The van der Waals surface area contributed by atoms with Gasteiger partial charge < -0.3 is 26.0 Å². The summed E-state index contributed by atoms with van der Waals surface area (Å²) in [6, 6.07) is 21.2. The number of aliphatic carboxylic acids is 1. The van der Waals surface area contributed by atoms with Crippen molar-refractivity contribution in [1.29, 1.82) is 0 Å². The first-order chi connectivity index (χ1) is 19.8. The van der Waals surface area contributed by atoms with Crippen LogP contribution in [0.1, 0.15) is 16.1 Å². The van der Waals surface area contributed by atoms with Gasteiger partial charge in [-0.15, -0.1) is 0 Å². The van der Waals surface area contributed by atoms with Gasteiger partial charge in [-0.05, 0) is 47.5 Å². The minimum Gasteiger partial charge on any atom is -0.480 e. The summed E-state index contributed by atoms with van der Waals surface area (Å²) >= 11 is 12.1. The molecule has 3 amide bonds. The van der Waals surface area contributed by atoms with E-state index in [0.717, 1.165) is 27.6 Å². The Kier molecular flexibility index (Phi) is 8.19. The molecule has 9 nitrogen and oxygen atoms in total. The predicted octanol–water partition coefficient (Wildman–Crippen LogP) is 6.61. The van der Waals surface area contributed by atoms with Crippen LogP contribution in [0.5, 0.6) is 0 Å². The number of urea groups is 1. The Morgan fingerprint density at radius 2 is 1.63 bits per heavy atom. The number of carboxylic acids is 1. The molecule has 0 aliphatic heterocycles. The van der Waals surface area contributed by atoms with Crippen LogP contribution >= 0.6 is 23.2 Å². The molecule has 0 spiro atoms. The zero-order valence-electron chi connectivity index (χ0n) is 21.3. The van der Waals surface area contributed by atoms with Crippen molar-refractivity contribution in [2.75, 3.05) is 10.6 Å². The molecular weight excluding hydrogens is 565 g/mol. The number of hydrogen-bond acceptors (Lipinski definition) is 4. The fourth-order valence-electron chi connectivity index (χ4n) is 4.28. The summed E-state index contributed by atoms with van der Waals surface area (Å²) in [4.78, 5) is 44.4. The Balaban J connectivity index is 1.20. The molecule has 5 aromatic rings. The molecular formula is C30H23Cl2N5O4. The highest BCUT2D eigenvalue weighted by molar-refractivity contribution is 6.44. The molecule has 0 saturated carbocycles. The van der Waals surface area contributed by atoms with E-state index in [0.29, 0.717) is 16.4 Å². The highest BCUT2D eigenvalue weighted by Gasteiger charge is 2.23. The number of halogens is 2. The highest BCUT2D eigenvalue weighted by Crippen LogP contribution is 2.29. The van der Waals surface area contributed by atoms with Crippen LogP contribution in [-0.4, -0.2) is 39.0 Å². The van der Waals surface area contributed by atoms with Crippen LogP contribution in [0.3, 0.4) is 0 Å². The number of anilines is 2. The first-order valence-electron chi connectivity index (χ1n) is 12.5. The number of amides is 3. The molecule has 0 fully saturated rings. The largest absolute Gasteiger partial charge is 0.480 e. The van der Waals surface area contributed by atoms with Crippen LogP contribution in [0.25, 0.3) is 22.0 Å². The van der Waals surface area contributed by atoms with Gasteiger partial charge in [0.1, 0.15) is 11.7 Å². The van der Waals surface area contributed by atoms with Crippen molar-refractivity contribution in [3.63, 3.8) is 0 Å². The number of benzene rings is 3. The lowest BCUT2D eigenvalue weighted by atomic mass is 10.0. The number of nitrogens with zero attached hydrogens (tertiary/aromatic N) is 1. The molecule has 0 bridgehead atoms. The van der Waals surface area contributed by atoms with Gasteiger partial charge in [-0.3, -0.25) is 9.78 Å². The van der Waals surface area contributed by atoms with Gasteiger partial charge in [0.25, 0.3) is 5.91 Å². The number of pyridine rings is 1. The van der Waals surface area contributed by atoms with Gasteiger partial charge in [0.05, 0.1) is 15.7 Å². The monoisotopic (exact) mass is 587 g/mol. The molecule has 0 unspecified atom stereocenters. The first-order valence-corrected chi connectivity index (χ1v) is 13.2. The quantitative estimate of drug-likeness (QED) is 0.139. The maximum Gasteiger partial charge on any atom is 0.326 e. The van der Waals surface area contributed by atoms with Crippen molar-refractivity contribution in [2.45, 2.75) is 12.5 Å². The zero-order chi connectivity index (χ0) is 28.9. The molecule has 2 aromatic heterocycles. The van der Waals surface area contributed by atoms with Gasteiger partial charge in [-0.25, -0.2) is 9.59 Å². The summed E-state index contributed by atoms with van der Waals surface area (Å²) < 4.78 is 0. The average molecular weight is 588 g/mol. The van der Waals surface area contributed by atoms with E-state index in [9.17, 15) is 19.5 Å². The molecule has 0 radical (unpaired) electrons. The summed E-state index contributed by atoms with van der Waals surface area (Å²) in [6.45, 7) is 0. The van der Waals surface area contributed by atoms with E-state index in [2.05, 4.69) is 25.9 Å². The third kappa shape index (κ3) is 6.49. The van der Waals surface area contributed by atoms with Crippen LogP contribution in [0.15, 0.2) is 91.3 Å². The Morgan fingerprint density at radius 3 is 2.37 bits per heavy atom. The molecule has 5 N–H and O–H groups in total. The average Bonchev–Trinajstić information content (AvgIpc) is 3.38. The molecule has 206 valence electrons. The predicted molar refractivity (Wildman–Crippen MR) is 160 cm³/mol. The lowest BCUT2D eigenvalue weighted by Gasteiger charge is -2.14. The Morgan fingerprint density at radius 1 is 0.878 bits per heavy atom. The third-order valence-corrected chi connectivity index (χ3v) is 7.19. The summed E-state index contributed by atoms with van der Waals surface area (Å²) in [5.41, 5.74) is 4.24. The smallest absolute Gasteiger partial charge is 0.326 e. The van der Waals surface area contributed by atoms with E-state index in [4.69, 9.17) is 23.2 Å². The van der Waals surface area contributed by atoms with E-state index in [1.807, 2.05) is 24.3 Å². The summed E-state index contributed by atoms with van der Waals surface area (Å²) in [7, 11) is 0. The fourth-order valence-corrected chi connectivity index (χ4v) is 4.63. The van der Waals surface area contributed by atoms with E-state index < -0.39 is 23.9 Å². The molecule has 3 aromatic carbocycles. The number of H-pyrrole nitrogens is 1. The minimum absolute atomic E-state index is 0.0913. The summed E-state index contributed by atoms with van der Waals surface area (Å²) in [5, 5.41) is 19.1. The molecule has 5 rings (SSSR count). The number of carboxylic acid groups (broad SMARTS) is 1. The van der Waals surface area contributed by atoms with E-state index in [1.54, 1.807) is 54.7 Å². The van der Waals surface area contributed by atoms with Crippen LogP contribution in [0.4, 0.5) is 16.2 Å². The van der Waals surface area contributed by atoms with Gasteiger partial charge in [0.2, 0.25) is 0 Å². The van der Waals surface area contributed by atoms with Crippen molar-refractivity contribution in [3.8, 4) is 11.1 Å². The van der Waals surface area contributed by atoms with Crippen molar-refractivity contribution in [3.05, 3.63) is 113 Å². The van der Waals surface area contributed by atoms with Crippen LogP contribution in [-0.2, 0) is 11.2 Å². The van der Waals surface area contributed by atoms with Crippen molar-refractivity contribution < 1.29 is 19.5 Å². The molecule has 0 aliphatic rings. The Hall–Kier alpha value is -4.86. The van der Waals surface area contributed by atoms with Crippen LogP contribution in [0, 0.1) is 0 Å². The number of hydrogen-bond donors (Lipinski definition) is 5. The van der Waals surface area contributed by atoms with E-state index in [-0.39, 0.29) is 17.1 Å². The molecule has 2 heterocycles. The number of carbonyl (C=O) groups is 3. The number of rotatable bonds is 8. The first kappa shape index (κ1) is 27.7. The molecule has 1 atom stereocenters.